The maximum Gasteiger partial charge on any atom is 0.416 e. The first-order valence-electron chi connectivity index (χ1n) is 8.07. The second-order valence-electron chi connectivity index (χ2n) is 6.16. The van der Waals surface area contributed by atoms with Crippen molar-refractivity contribution in [3.05, 3.63) is 53.7 Å². The van der Waals surface area contributed by atoms with Crippen molar-refractivity contribution in [2.75, 3.05) is 0 Å². The summed E-state index contributed by atoms with van der Waals surface area (Å²) < 4.78 is 38.1. The lowest BCUT2D eigenvalue weighted by Crippen LogP contribution is -2.41. The zero-order valence-corrected chi connectivity index (χ0v) is 13.8. The molecule has 3 rings (SSSR count). The molecule has 2 N–H and O–H groups in total. The van der Waals surface area contributed by atoms with Gasteiger partial charge in [-0.3, -0.25) is 9.88 Å². The van der Waals surface area contributed by atoms with Gasteiger partial charge in [0.1, 0.15) is 6.04 Å². The Morgan fingerprint density at radius 2 is 1.70 bits per heavy atom. The van der Waals surface area contributed by atoms with E-state index in [0.29, 0.717) is 23.4 Å². The molecule has 1 aliphatic rings. The molecule has 2 aromatic rings. The van der Waals surface area contributed by atoms with Gasteiger partial charge in [0.15, 0.2) is 0 Å². The summed E-state index contributed by atoms with van der Waals surface area (Å²) in [5.41, 5.74) is 0.406. The van der Waals surface area contributed by atoms with E-state index < -0.39 is 35.9 Å². The van der Waals surface area contributed by atoms with E-state index in [1.807, 2.05) is 0 Å². The van der Waals surface area contributed by atoms with Crippen molar-refractivity contribution >= 4 is 12.1 Å². The fourth-order valence-electron chi connectivity index (χ4n) is 3.24. The number of nitrogens with zero attached hydrogens (tertiary/aromatic N) is 2. The number of pyridine rings is 1. The Bertz CT molecular complexity index is 868. The Labute approximate surface area is 151 Å². The molecule has 27 heavy (non-hydrogen) atoms. The average Bonchev–Trinajstić information content (AvgIpc) is 3.07. The topological polar surface area (TPSA) is 90.7 Å². The molecular weight excluding hydrogens is 365 g/mol. The number of aromatic nitrogens is 1. The summed E-state index contributed by atoms with van der Waals surface area (Å²) in [6.07, 6.45) is -5.33. The highest BCUT2D eigenvalue weighted by atomic mass is 19.4. The highest BCUT2D eigenvalue weighted by Gasteiger charge is 2.42. The number of likely N-dealkylation sites (tertiary alicyclic amines) is 1. The van der Waals surface area contributed by atoms with Crippen LogP contribution < -0.4 is 0 Å². The number of hydrogen-bond donors (Lipinski definition) is 2. The first kappa shape index (κ1) is 18.7. The predicted octanol–water partition coefficient (Wildman–Crippen LogP) is 4.04. The van der Waals surface area contributed by atoms with E-state index in [1.54, 1.807) is 18.2 Å². The van der Waals surface area contributed by atoms with Gasteiger partial charge in [0.25, 0.3) is 0 Å². The maximum atomic E-state index is 12.7. The Morgan fingerprint density at radius 3 is 2.26 bits per heavy atom. The molecule has 1 saturated heterocycles. The number of rotatable bonds is 3. The second-order valence-corrected chi connectivity index (χ2v) is 6.16. The molecule has 1 aromatic carbocycles. The van der Waals surface area contributed by atoms with Crippen molar-refractivity contribution in [2.24, 2.45) is 0 Å². The second kappa shape index (κ2) is 6.90. The van der Waals surface area contributed by atoms with Crippen LogP contribution in [0.4, 0.5) is 18.0 Å². The minimum Gasteiger partial charge on any atom is -0.480 e. The Balaban J connectivity index is 1.92. The number of carbonyl (C=O) groups is 2. The maximum absolute atomic E-state index is 12.7. The molecule has 0 spiro atoms. The van der Waals surface area contributed by atoms with E-state index in [2.05, 4.69) is 4.98 Å². The first-order chi connectivity index (χ1) is 12.7. The van der Waals surface area contributed by atoms with E-state index >= 15 is 0 Å². The van der Waals surface area contributed by atoms with Crippen molar-refractivity contribution < 1.29 is 33.0 Å². The molecule has 1 fully saturated rings. The molecule has 6 nitrogen and oxygen atoms in total. The molecule has 142 valence electrons. The number of halogens is 3. The van der Waals surface area contributed by atoms with Crippen LogP contribution >= 0.6 is 0 Å². The van der Waals surface area contributed by atoms with E-state index in [-0.39, 0.29) is 6.42 Å². The largest absolute Gasteiger partial charge is 0.480 e. The molecule has 0 radical (unpaired) electrons. The number of carboxylic acid groups (broad SMARTS) is 2. The lowest BCUT2D eigenvalue weighted by Gasteiger charge is -2.25. The van der Waals surface area contributed by atoms with Crippen LogP contribution in [-0.4, -0.2) is 38.2 Å². The van der Waals surface area contributed by atoms with Crippen LogP contribution in [0.15, 0.2) is 42.5 Å². The standard InChI is InChI=1S/C18H15F3N2O4/c19-18(20,21)11-6-4-10(5-7-11)12-2-1-3-13(22-12)14-8-9-15(16(24)25)23(14)17(26)27/h1-7,14-15H,8-9H2,(H,24,25)(H,26,27)/t14-,15+/m1/s1. The third-order valence-electron chi connectivity index (χ3n) is 4.51. The smallest absolute Gasteiger partial charge is 0.416 e. The van der Waals surface area contributed by atoms with Crippen molar-refractivity contribution in [3.8, 4) is 11.3 Å². The SMILES string of the molecule is O=C(O)[C@@H]1CC[C@H](c2cccc(-c3ccc(C(F)(F)F)cc3)n2)N1C(=O)O. The number of amides is 1. The van der Waals surface area contributed by atoms with Gasteiger partial charge in [-0.15, -0.1) is 0 Å². The summed E-state index contributed by atoms with van der Waals surface area (Å²) in [6, 6.07) is 7.40. The van der Waals surface area contributed by atoms with Crippen LogP contribution in [0.5, 0.6) is 0 Å². The Morgan fingerprint density at radius 1 is 1.04 bits per heavy atom. The van der Waals surface area contributed by atoms with Crippen LogP contribution in [0.2, 0.25) is 0 Å². The average molecular weight is 380 g/mol. The highest BCUT2D eigenvalue weighted by Crippen LogP contribution is 2.36. The zero-order chi connectivity index (χ0) is 19.8. The molecule has 2 heterocycles. The molecule has 0 bridgehead atoms. The fourth-order valence-corrected chi connectivity index (χ4v) is 3.24. The van der Waals surface area contributed by atoms with Crippen LogP contribution in [-0.2, 0) is 11.0 Å². The number of benzene rings is 1. The van der Waals surface area contributed by atoms with Gasteiger partial charge < -0.3 is 10.2 Å². The van der Waals surface area contributed by atoms with Crippen LogP contribution in [0.1, 0.15) is 30.1 Å². The Hall–Kier alpha value is -3.10. The lowest BCUT2D eigenvalue weighted by molar-refractivity contribution is -0.142. The van der Waals surface area contributed by atoms with Gasteiger partial charge in [-0.2, -0.15) is 13.2 Å². The normalized spacial score (nSPS) is 19.9. The van der Waals surface area contributed by atoms with E-state index in [1.165, 1.54) is 12.1 Å². The van der Waals surface area contributed by atoms with Crippen molar-refractivity contribution in [1.29, 1.82) is 0 Å². The number of alkyl halides is 3. The van der Waals surface area contributed by atoms with Gasteiger partial charge in [0.2, 0.25) is 0 Å². The van der Waals surface area contributed by atoms with Gasteiger partial charge >= 0.3 is 18.2 Å². The molecule has 0 aliphatic carbocycles. The van der Waals surface area contributed by atoms with E-state index in [9.17, 15) is 33.0 Å². The summed E-state index contributed by atoms with van der Waals surface area (Å²) in [5, 5.41) is 18.6. The molecule has 1 aromatic heterocycles. The predicted molar refractivity (Wildman–Crippen MR) is 87.9 cm³/mol. The van der Waals surface area contributed by atoms with Gasteiger partial charge in [-0.25, -0.2) is 9.59 Å². The van der Waals surface area contributed by atoms with Crippen LogP contribution in [0.25, 0.3) is 11.3 Å². The number of carboxylic acids is 1. The summed E-state index contributed by atoms with van der Waals surface area (Å²) >= 11 is 0. The molecule has 1 amide bonds. The monoisotopic (exact) mass is 380 g/mol. The van der Waals surface area contributed by atoms with Crippen molar-refractivity contribution in [3.63, 3.8) is 0 Å². The summed E-state index contributed by atoms with van der Waals surface area (Å²) in [6.45, 7) is 0. The Kier molecular flexibility index (Phi) is 4.77. The van der Waals surface area contributed by atoms with Crippen LogP contribution in [0.3, 0.4) is 0 Å². The lowest BCUT2D eigenvalue weighted by atomic mass is 10.1. The molecular formula is C18H15F3N2O4. The van der Waals surface area contributed by atoms with Crippen molar-refractivity contribution in [2.45, 2.75) is 31.1 Å². The minimum atomic E-state index is -4.44. The van der Waals surface area contributed by atoms with Crippen LogP contribution in [0, 0.1) is 0 Å². The van der Waals surface area contributed by atoms with Crippen molar-refractivity contribution in [1.82, 2.24) is 9.88 Å². The number of aliphatic carboxylic acids is 1. The van der Waals surface area contributed by atoms with Gasteiger partial charge in [-0.05, 0) is 37.1 Å². The third-order valence-corrected chi connectivity index (χ3v) is 4.51. The summed E-state index contributed by atoms with van der Waals surface area (Å²) in [7, 11) is 0. The third kappa shape index (κ3) is 3.71. The van der Waals surface area contributed by atoms with Gasteiger partial charge in [0.05, 0.1) is 23.0 Å². The molecule has 9 heteroatoms. The molecule has 2 atom stereocenters. The van der Waals surface area contributed by atoms with Gasteiger partial charge in [0, 0.05) is 5.56 Å². The molecule has 0 saturated carbocycles. The highest BCUT2D eigenvalue weighted by molar-refractivity contribution is 5.80. The van der Waals surface area contributed by atoms with E-state index in [0.717, 1.165) is 17.0 Å². The van der Waals surface area contributed by atoms with Gasteiger partial charge in [-0.1, -0.05) is 18.2 Å². The number of hydrogen-bond acceptors (Lipinski definition) is 3. The molecule has 0 unspecified atom stereocenters. The summed E-state index contributed by atoms with van der Waals surface area (Å²) in [4.78, 5) is 28.0. The first-order valence-corrected chi connectivity index (χ1v) is 8.07. The fraction of sp³-hybridized carbons (Fsp3) is 0.278. The summed E-state index contributed by atoms with van der Waals surface area (Å²) in [5.74, 6) is -1.22. The van der Waals surface area contributed by atoms with E-state index in [4.69, 9.17) is 0 Å². The molecule has 1 aliphatic heterocycles. The quantitative estimate of drug-likeness (QED) is 0.839. The minimum absolute atomic E-state index is 0.165. The zero-order valence-electron chi connectivity index (χ0n) is 13.8.